The molecule has 1 aromatic heterocycles. The lowest BCUT2D eigenvalue weighted by molar-refractivity contribution is -0.153. The highest BCUT2D eigenvalue weighted by molar-refractivity contribution is 5.76. The molecule has 0 unspecified atom stereocenters. The molecule has 0 bridgehead atoms. The number of alkyl halides is 3. The van der Waals surface area contributed by atoms with Crippen LogP contribution in [0.4, 0.5) is 13.2 Å². The van der Waals surface area contributed by atoms with Gasteiger partial charge in [0.15, 0.2) is 0 Å². The molecule has 1 aliphatic heterocycles. The Balaban J connectivity index is 1.80. The van der Waals surface area contributed by atoms with Crippen molar-refractivity contribution in [3.05, 3.63) is 23.7 Å². The number of carbonyl (C=O) groups is 1. The van der Waals surface area contributed by atoms with Gasteiger partial charge < -0.3 is 20.2 Å². The van der Waals surface area contributed by atoms with E-state index < -0.39 is 18.0 Å². The molecule has 1 fully saturated rings. The van der Waals surface area contributed by atoms with Crippen LogP contribution < -0.4 is 10.6 Å². The molecule has 5 nitrogen and oxygen atoms in total. The number of hydrogen-bond acceptors (Lipinski definition) is 4. The van der Waals surface area contributed by atoms with Crippen LogP contribution in [0.3, 0.4) is 0 Å². The molecule has 2 atom stereocenters. The normalized spacial score (nSPS) is 23.0. The molecular formula is C12H15F3N2O3. The lowest BCUT2D eigenvalue weighted by Crippen LogP contribution is -2.29. The summed E-state index contributed by atoms with van der Waals surface area (Å²) in [5, 5.41) is 14.9. The summed E-state index contributed by atoms with van der Waals surface area (Å²) >= 11 is 0. The average Bonchev–Trinajstić information content (AvgIpc) is 2.96. The molecular weight excluding hydrogens is 277 g/mol. The van der Waals surface area contributed by atoms with Crippen molar-refractivity contribution < 1.29 is 27.5 Å². The summed E-state index contributed by atoms with van der Waals surface area (Å²) in [4.78, 5) is 11.6. The summed E-state index contributed by atoms with van der Waals surface area (Å²) in [5.41, 5.74) is 0. The van der Waals surface area contributed by atoms with Gasteiger partial charge in [0, 0.05) is 25.4 Å². The monoisotopic (exact) mass is 292 g/mol. The predicted octanol–water partition coefficient (Wildman–Crippen LogP) is 0.885. The van der Waals surface area contributed by atoms with Gasteiger partial charge in [-0.2, -0.15) is 13.2 Å². The van der Waals surface area contributed by atoms with Crippen molar-refractivity contribution in [3.63, 3.8) is 0 Å². The first-order valence-electron chi connectivity index (χ1n) is 6.17. The van der Waals surface area contributed by atoms with Crippen LogP contribution in [-0.4, -0.2) is 30.2 Å². The van der Waals surface area contributed by atoms with E-state index in [9.17, 15) is 23.1 Å². The molecule has 3 N–H and O–H groups in total. The topological polar surface area (TPSA) is 74.5 Å². The number of halogens is 3. The van der Waals surface area contributed by atoms with Crippen molar-refractivity contribution in [1.29, 1.82) is 0 Å². The zero-order valence-electron chi connectivity index (χ0n) is 10.5. The molecule has 1 aliphatic rings. The van der Waals surface area contributed by atoms with E-state index in [1.54, 1.807) is 0 Å². The molecule has 1 saturated heterocycles. The van der Waals surface area contributed by atoms with E-state index in [0.29, 0.717) is 13.1 Å². The van der Waals surface area contributed by atoms with Crippen molar-refractivity contribution in [1.82, 2.24) is 10.6 Å². The molecule has 0 aliphatic carbocycles. The van der Waals surface area contributed by atoms with Crippen LogP contribution in [0.1, 0.15) is 17.9 Å². The number of furan rings is 1. The van der Waals surface area contributed by atoms with Gasteiger partial charge >= 0.3 is 6.18 Å². The fourth-order valence-corrected chi connectivity index (χ4v) is 2.05. The number of nitrogens with one attached hydrogen (secondary N) is 2. The summed E-state index contributed by atoms with van der Waals surface area (Å²) in [7, 11) is 0. The van der Waals surface area contributed by atoms with Crippen LogP contribution in [0, 0.1) is 5.92 Å². The molecule has 8 heteroatoms. The van der Waals surface area contributed by atoms with E-state index in [-0.39, 0.29) is 30.6 Å². The van der Waals surface area contributed by atoms with Crippen LogP contribution >= 0.6 is 0 Å². The Bertz CT molecular complexity index is 473. The van der Waals surface area contributed by atoms with Gasteiger partial charge in [0.25, 0.3) is 0 Å². The Kier molecular flexibility index (Phi) is 4.34. The molecule has 2 rings (SSSR count). The molecule has 0 radical (unpaired) electrons. The SMILES string of the molecule is O=C(C[C@@H]1CNC[C@H]1O)NCc1ccc(C(F)(F)F)o1. The van der Waals surface area contributed by atoms with Gasteiger partial charge in [0.1, 0.15) is 5.76 Å². The van der Waals surface area contributed by atoms with Gasteiger partial charge in [0.2, 0.25) is 11.7 Å². The van der Waals surface area contributed by atoms with Crippen LogP contribution in [0.15, 0.2) is 16.5 Å². The Morgan fingerprint density at radius 1 is 1.45 bits per heavy atom. The predicted molar refractivity (Wildman–Crippen MR) is 62.5 cm³/mol. The van der Waals surface area contributed by atoms with Gasteiger partial charge in [-0.3, -0.25) is 4.79 Å². The largest absolute Gasteiger partial charge is 0.455 e. The number of aliphatic hydroxyl groups is 1. The summed E-state index contributed by atoms with van der Waals surface area (Å²) in [6.07, 6.45) is -4.97. The average molecular weight is 292 g/mol. The quantitative estimate of drug-likeness (QED) is 0.770. The maximum atomic E-state index is 12.3. The van der Waals surface area contributed by atoms with Gasteiger partial charge in [-0.1, -0.05) is 0 Å². The first-order valence-corrected chi connectivity index (χ1v) is 6.17. The minimum Gasteiger partial charge on any atom is -0.455 e. The van der Waals surface area contributed by atoms with Crippen molar-refractivity contribution in [2.24, 2.45) is 5.92 Å². The number of β-amino-alcohol motifs (C(OH)–C–C–N with tert-alkyl or cyclic N) is 1. The molecule has 0 spiro atoms. The fraction of sp³-hybridized carbons (Fsp3) is 0.583. The Morgan fingerprint density at radius 2 is 2.20 bits per heavy atom. The van der Waals surface area contributed by atoms with E-state index in [2.05, 4.69) is 15.1 Å². The maximum absolute atomic E-state index is 12.3. The lowest BCUT2D eigenvalue weighted by atomic mass is 10.0. The molecule has 0 aromatic carbocycles. The third kappa shape index (κ3) is 3.73. The van der Waals surface area contributed by atoms with E-state index in [1.807, 2.05) is 0 Å². The van der Waals surface area contributed by atoms with E-state index in [0.717, 1.165) is 6.07 Å². The summed E-state index contributed by atoms with van der Waals surface area (Å²) in [5.74, 6) is -1.55. The van der Waals surface area contributed by atoms with Gasteiger partial charge in [-0.15, -0.1) is 0 Å². The zero-order chi connectivity index (χ0) is 14.8. The second-order valence-corrected chi connectivity index (χ2v) is 4.73. The minimum absolute atomic E-state index is 0.0378. The highest BCUT2D eigenvalue weighted by atomic mass is 19.4. The highest BCUT2D eigenvalue weighted by Gasteiger charge is 2.34. The second-order valence-electron chi connectivity index (χ2n) is 4.73. The summed E-state index contributed by atoms with van der Waals surface area (Å²) in [6.45, 7) is 0.893. The second kappa shape index (κ2) is 5.84. The maximum Gasteiger partial charge on any atom is 0.449 e. The van der Waals surface area contributed by atoms with Crippen molar-refractivity contribution in [2.75, 3.05) is 13.1 Å². The Labute approximate surface area is 113 Å². The summed E-state index contributed by atoms with van der Waals surface area (Å²) < 4.78 is 41.5. The number of carbonyl (C=O) groups excluding carboxylic acids is 1. The number of aliphatic hydroxyl groups excluding tert-OH is 1. The molecule has 112 valence electrons. The first kappa shape index (κ1) is 14.9. The Morgan fingerprint density at radius 3 is 2.75 bits per heavy atom. The third-order valence-corrected chi connectivity index (χ3v) is 3.15. The molecule has 20 heavy (non-hydrogen) atoms. The van der Waals surface area contributed by atoms with Gasteiger partial charge in [-0.25, -0.2) is 0 Å². The molecule has 1 aromatic rings. The molecule has 1 amide bonds. The number of rotatable bonds is 4. The van der Waals surface area contributed by atoms with E-state index in [1.165, 1.54) is 6.07 Å². The zero-order valence-corrected chi connectivity index (χ0v) is 10.5. The van der Waals surface area contributed by atoms with Crippen molar-refractivity contribution in [2.45, 2.75) is 25.2 Å². The van der Waals surface area contributed by atoms with E-state index >= 15 is 0 Å². The van der Waals surface area contributed by atoms with Crippen LogP contribution in [-0.2, 0) is 17.5 Å². The van der Waals surface area contributed by atoms with Gasteiger partial charge in [-0.05, 0) is 12.1 Å². The van der Waals surface area contributed by atoms with Crippen molar-refractivity contribution >= 4 is 5.91 Å². The van der Waals surface area contributed by atoms with Crippen LogP contribution in [0.5, 0.6) is 0 Å². The molecule has 2 heterocycles. The lowest BCUT2D eigenvalue weighted by Gasteiger charge is -2.12. The first-order chi connectivity index (χ1) is 9.36. The van der Waals surface area contributed by atoms with Gasteiger partial charge in [0.05, 0.1) is 12.6 Å². The smallest absolute Gasteiger partial charge is 0.449 e. The minimum atomic E-state index is -4.53. The molecule has 0 saturated carbocycles. The number of hydrogen-bond donors (Lipinski definition) is 3. The Hall–Kier alpha value is -1.54. The van der Waals surface area contributed by atoms with E-state index in [4.69, 9.17) is 0 Å². The fourth-order valence-electron chi connectivity index (χ4n) is 2.05. The third-order valence-electron chi connectivity index (χ3n) is 3.15. The standard InChI is InChI=1S/C12H15F3N2O3/c13-12(14,15)10-2-1-8(20-10)5-17-11(19)3-7-4-16-6-9(7)18/h1-2,7,9,16,18H,3-6H2,(H,17,19)/t7-,9-/m1/s1. The highest BCUT2D eigenvalue weighted by Crippen LogP contribution is 2.30. The number of amides is 1. The van der Waals surface area contributed by atoms with Crippen molar-refractivity contribution in [3.8, 4) is 0 Å². The summed E-state index contributed by atoms with van der Waals surface area (Å²) in [6, 6.07) is 2.00. The van der Waals surface area contributed by atoms with Crippen LogP contribution in [0.2, 0.25) is 0 Å². The van der Waals surface area contributed by atoms with Crippen LogP contribution in [0.25, 0.3) is 0 Å².